The minimum absolute atomic E-state index is 0.381. The van der Waals surface area contributed by atoms with Gasteiger partial charge in [-0.25, -0.2) is 4.79 Å². The van der Waals surface area contributed by atoms with Crippen LogP contribution >= 0.6 is 0 Å². The minimum Gasteiger partial charge on any atom is -0.491 e. The highest BCUT2D eigenvalue weighted by molar-refractivity contribution is 6.11. The second-order valence-electron chi connectivity index (χ2n) is 6.59. The third-order valence-electron chi connectivity index (χ3n) is 4.87. The average molecular weight is 369 g/mol. The zero-order valence-electron chi connectivity index (χ0n) is 15.4. The first kappa shape index (κ1) is 17.8. The van der Waals surface area contributed by atoms with E-state index in [1.807, 2.05) is 12.1 Å². The normalized spacial score (nSPS) is 15.3. The molecule has 0 radical (unpaired) electrons. The van der Waals surface area contributed by atoms with Gasteiger partial charge >= 0.3 is 5.97 Å². The zero-order valence-corrected chi connectivity index (χ0v) is 15.4. The molecule has 1 aliphatic heterocycles. The van der Waals surface area contributed by atoms with Crippen LogP contribution in [0.3, 0.4) is 0 Å². The molecule has 1 fully saturated rings. The van der Waals surface area contributed by atoms with Crippen LogP contribution in [-0.4, -0.2) is 67.4 Å². The Morgan fingerprint density at radius 2 is 2.15 bits per heavy atom. The highest BCUT2D eigenvalue weighted by Crippen LogP contribution is 2.33. The highest BCUT2D eigenvalue weighted by atomic mass is 16.5. The van der Waals surface area contributed by atoms with E-state index in [0.29, 0.717) is 17.9 Å². The molecule has 142 valence electrons. The molecule has 4 rings (SSSR count). The standard InChI is InChI=1S/C20H23N3O4/c1-25-20(24)14-11-15-16-13-21-4-3-17(16)22-19(15)18(12-14)27-8-2-5-23-6-9-26-10-7-23/h3-4,11-13,22H,2,5-10H2,1H3. The van der Waals surface area contributed by atoms with E-state index in [2.05, 4.69) is 14.9 Å². The summed E-state index contributed by atoms with van der Waals surface area (Å²) in [7, 11) is 1.38. The second-order valence-corrected chi connectivity index (χ2v) is 6.59. The van der Waals surface area contributed by atoms with Crippen LogP contribution in [-0.2, 0) is 9.47 Å². The number of methoxy groups -OCH3 is 1. The molecule has 2 aromatic heterocycles. The van der Waals surface area contributed by atoms with Crippen molar-refractivity contribution in [3.8, 4) is 5.75 Å². The highest BCUT2D eigenvalue weighted by Gasteiger charge is 2.16. The summed E-state index contributed by atoms with van der Waals surface area (Å²) in [5.74, 6) is 0.277. The number of H-pyrrole nitrogens is 1. The lowest BCUT2D eigenvalue weighted by molar-refractivity contribution is 0.0358. The van der Waals surface area contributed by atoms with Crippen LogP contribution in [0.4, 0.5) is 0 Å². The molecule has 1 aromatic carbocycles. The molecule has 3 aromatic rings. The predicted octanol–water partition coefficient (Wildman–Crippen LogP) is 2.60. The van der Waals surface area contributed by atoms with Gasteiger partial charge in [0.25, 0.3) is 0 Å². The van der Waals surface area contributed by atoms with E-state index in [-0.39, 0.29) is 5.97 Å². The fraction of sp³-hybridized carbons (Fsp3) is 0.400. The van der Waals surface area contributed by atoms with Gasteiger partial charge in [0, 0.05) is 48.3 Å². The molecule has 0 atom stereocenters. The van der Waals surface area contributed by atoms with Crippen molar-refractivity contribution in [1.29, 1.82) is 0 Å². The van der Waals surface area contributed by atoms with E-state index in [1.54, 1.807) is 18.5 Å². The molecule has 7 heteroatoms. The van der Waals surface area contributed by atoms with Gasteiger partial charge in [-0.3, -0.25) is 9.88 Å². The maximum absolute atomic E-state index is 12.1. The van der Waals surface area contributed by atoms with Gasteiger partial charge in [-0.15, -0.1) is 0 Å². The molecule has 0 unspecified atom stereocenters. The summed E-state index contributed by atoms with van der Waals surface area (Å²) in [5.41, 5.74) is 2.30. The third-order valence-corrected chi connectivity index (χ3v) is 4.87. The number of morpholine rings is 1. The smallest absolute Gasteiger partial charge is 0.338 e. The summed E-state index contributed by atoms with van der Waals surface area (Å²) in [4.78, 5) is 22.0. The number of carbonyl (C=O) groups is 1. The van der Waals surface area contributed by atoms with Crippen LogP contribution in [0.5, 0.6) is 5.75 Å². The average Bonchev–Trinajstić information content (AvgIpc) is 3.10. The van der Waals surface area contributed by atoms with Crippen LogP contribution in [0.25, 0.3) is 21.8 Å². The molecule has 27 heavy (non-hydrogen) atoms. The van der Waals surface area contributed by atoms with Crippen molar-refractivity contribution < 1.29 is 19.0 Å². The van der Waals surface area contributed by atoms with Crippen LogP contribution in [0.1, 0.15) is 16.8 Å². The Morgan fingerprint density at radius 3 is 2.96 bits per heavy atom. The van der Waals surface area contributed by atoms with Gasteiger partial charge in [-0.05, 0) is 24.6 Å². The summed E-state index contributed by atoms with van der Waals surface area (Å²) in [6, 6.07) is 5.48. The van der Waals surface area contributed by atoms with Crippen molar-refractivity contribution >= 4 is 27.8 Å². The summed E-state index contributed by atoms with van der Waals surface area (Å²) >= 11 is 0. The second kappa shape index (κ2) is 7.94. The molecule has 0 amide bonds. The zero-order chi connectivity index (χ0) is 18.6. The molecular weight excluding hydrogens is 346 g/mol. The molecule has 3 heterocycles. The number of nitrogens with zero attached hydrogens (tertiary/aromatic N) is 2. The molecule has 0 bridgehead atoms. The van der Waals surface area contributed by atoms with Crippen molar-refractivity contribution in [2.24, 2.45) is 0 Å². The molecule has 0 aliphatic carbocycles. The van der Waals surface area contributed by atoms with Gasteiger partial charge in [0.2, 0.25) is 0 Å². The van der Waals surface area contributed by atoms with E-state index in [9.17, 15) is 4.79 Å². The maximum Gasteiger partial charge on any atom is 0.338 e. The van der Waals surface area contributed by atoms with Crippen LogP contribution in [0, 0.1) is 0 Å². The molecule has 1 saturated heterocycles. The molecule has 0 spiro atoms. The van der Waals surface area contributed by atoms with Gasteiger partial charge in [-0.2, -0.15) is 0 Å². The van der Waals surface area contributed by atoms with E-state index in [1.165, 1.54) is 7.11 Å². The lowest BCUT2D eigenvalue weighted by atomic mass is 10.1. The number of esters is 1. The number of hydrogen-bond donors (Lipinski definition) is 1. The number of rotatable bonds is 6. The molecule has 0 saturated carbocycles. The largest absolute Gasteiger partial charge is 0.491 e. The van der Waals surface area contributed by atoms with Gasteiger partial charge in [0.05, 0.1) is 38.0 Å². The number of nitrogens with one attached hydrogen (secondary N) is 1. The first-order valence-corrected chi connectivity index (χ1v) is 9.17. The van der Waals surface area contributed by atoms with Crippen molar-refractivity contribution in [1.82, 2.24) is 14.9 Å². The van der Waals surface area contributed by atoms with Crippen LogP contribution in [0.15, 0.2) is 30.6 Å². The van der Waals surface area contributed by atoms with Gasteiger partial charge < -0.3 is 19.2 Å². The molecular formula is C20H23N3O4. The number of pyridine rings is 1. The Kier molecular flexibility index (Phi) is 5.22. The Bertz CT molecular complexity index is 947. The van der Waals surface area contributed by atoms with E-state index < -0.39 is 0 Å². The number of aromatic amines is 1. The Hall–Kier alpha value is -2.64. The first-order valence-electron chi connectivity index (χ1n) is 9.17. The van der Waals surface area contributed by atoms with Crippen LogP contribution < -0.4 is 4.74 Å². The predicted molar refractivity (Wildman–Crippen MR) is 102 cm³/mol. The van der Waals surface area contributed by atoms with Crippen molar-refractivity contribution in [3.63, 3.8) is 0 Å². The number of fused-ring (bicyclic) bond motifs is 3. The number of aromatic nitrogens is 2. The summed E-state index contributed by atoms with van der Waals surface area (Å²) in [6.07, 6.45) is 4.44. The summed E-state index contributed by atoms with van der Waals surface area (Å²) < 4.78 is 16.3. The van der Waals surface area contributed by atoms with E-state index >= 15 is 0 Å². The number of benzene rings is 1. The van der Waals surface area contributed by atoms with E-state index in [4.69, 9.17) is 14.2 Å². The topological polar surface area (TPSA) is 76.7 Å². The first-order chi connectivity index (χ1) is 13.3. The lowest BCUT2D eigenvalue weighted by Gasteiger charge is -2.26. The Balaban J connectivity index is 1.57. The number of hydrogen-bond acceptors (Lipinski definition) is 6. The lowest BCUT2D eigenvalue weighted by Crippen LogP contribution is -2.37. The van der Waals surface area contributed by atoms with Gasteiger partial charge in [-0.1, -0.05) is 0 Å². The third kappa shape index (κ3) is 3.74. The fourth-order valence-corrected chi connectivity index (χ4v) is 3.45. The van der Waals surface area contributed by atoms with Crippen molar-refractivity contribution in [2.75, 3.05) is 46.6 Å². The fourth-order valence-electron chi connectivity index (χ4n) is 3.45. The van der Waals surface area contributed by atoms with Gasteiger partial charge in [0.1, 0.15) is 5.75 Å². The molecule has 7 nitrogen and oxygen atoms in total. The summed E-state index contributed by atoms with van der Waals surface area (Å²) in [5, 5.41) is 1.86. The number of carbonyl (C=O) groups excluding carboxylic acids is 1. The SMILES string of the molecule is COC(=O)c1cc(OCCCN2CCOCC2)c2[nH]c3ccncc3c2c1. The maximum atomic E-state index is 12.1. The summed E-state index contributed by atoms with van der Waals surface area (Å²) in [6.45, 7) is 5.08. The van der Waals surface area contributed by atoms with Crippen LogP contribution in [0.2, 0.25) is 0 Å². The molecule has 1 aliphatic rings. The molecule has 1 N–H and O–H groups in total. The number of ether oxygens (including phenoxy) is 3. The van der Waals surface area contributed by atoms with Gasteiger partial charge in [0.15, 0.2) is 0 Å². The van der Waals surface area contributed by atoms with Crippen molar-refractivity contribution in [3.05, 3.63) is 36.2 Å². The Labute approximate surface area is 157 Å². The quantitative estimate of drug-likeness (QED) is 0.532. The monoisotopic (exact) mass is 369 g/mol. The minimum atomic E-state index is -0.381. The Morgan fingerprint density at radius 1 is 1.30 bits per heavy atom. The van der Waals surface area contributed by atoms with E-state index in [0.717, 1.165) is 61.1 Å². The van der Waals surface area contributed by atoms with Crippen molar-refractivity contribution in [2.45, 2.75) is 6.42 Å².